The van der Waals surface area contributed by atoms with Gasteiger partial charge >= 0.3 is 27.0 Å². The molecule has 0 spiro atoms. The van der Waals surface area contributed by atoms with E-state index in [9.17, 15) is 20.4 Å². The third-order valence-electron chi connectivity index (χ3n) is 3.49. The van der Waals surface area contributed by atoms with Gasteiger partial charge in [-0.1, -0.05) is 0 Å². The van der Waals surface area contributed by atoms with E-state index in [1.807, 2.05) is 17.3 Å². The average Bonchev–Trinajstić information content (AvgIpc) is 2.67. The van der Waals surface area contributed by atoms with Crippen LogP contribution in [0.4, 0.5) is 0 Å². The zero-order chi connectivity index (χ0) is 20.3. The van der Waals surface area contributed by atoms with Crippen molar-refractivity contribution in [3.05, 3.63) is 46.0 Å². The molecule has 2 aromatic rings. The fourth-order valence-electron chi connectivity index (χ4n) is 1.97. The first-order chi connectivity index (χ1) is 12.4. The number of aromatic nitrogens is 2. The van der Waals surface area contributed by atoms with Crippen LogP contribution in [-0.4, -0.2) is 30.4 Å². The Hall–Kier alpha value is -1.35. The van der Waals surface area contributed by atoms with E-state index in [-0.39, 0.29) is 35.8 Å². The van der Waals surface area contributed by atoms with Gasteiger partial charge in [0.05, 0.1) is 24.6 Å². The van der Waals surface area contributed by atoms with Gasteiger partial charge in [-0.15, -0.1) is 13.2 Å². The Kier molecular flexibility index (Phi) is 12.2. The van der Waals surface area contributed by atoms with Crippen molar-refractivity contribution in [1.82, 2.24) is 9.97 Å². The summed E-state index contributed by atoms with van der Waals surface area (Å²) < 4.78 is 0. The Bertz CT molecular complexity index is 643. The molecule has 0 bridgehead atoms. The van der Waals surface area contributed by atoms with Gasteiger partial charge < -0.3 is 30.6 Å². The molecule has 145 valence electrons. The molecule has 0 fully saturated rings. The van der Waals surface area contributed by atoms with Gasteiger partial charge in [0.25, 0.3) is 0 Å². The second kappa shape index (κ2) is 12.9. The van der Waals surface area contributed by atoms with Crippen LogP contribution in [0.2, 0.25) is 0 Å². The molecule has 0 aromatic carbocycles. The van der Waals surface area contributed by atoms with Gasteiger partial charge in [0.1, 0.15) is 11.5 Å². The summed E-state index contributed by atoms with van der Waals surface area (Å²) in [5.41, 5.74) is 2.13. The van der Waals surface area contributed by atoms with E-state index in [1.54, 1.807) is 13.8 Å². The summed E-state index contributed by atoms with van der Waals surface area (Å²) in [5.74, 6) is -0.156. The number of aliphatic hydroxyl groups is 2. The summed E-state index contributed by atoms with van der Waals surface area (Å²) in [4.78, 5) is 7.59. The first-order valence-electron chi connectivity index (χ1n) is 7.25. The summed E-state index contributed by atoms with van der Waals surface area (Å²) in [6.07, 6.45) is 2.77. The van der Waals surface area contributed by atoms with Gasteiger partial charge in [0.15, 0.2) is 0 Å². The van der Waals surface area contributed by atoms with Crippen molar-refractivity contribution in [1.29, 1.82) is 0 Å². The van der Waals surface area contributed by atoms with E-state index < -0.39 is 13.2 Å². The van der Waals surface area contributed by atoms with E-state index in [0.717, 1.165) is 0 Å². The Morgan fingerprint density at radius 1 is 0.846 bits per heavy atom. The van der Waals surface area contributed by atoms with Gasteiger partial charge in [-0.25, -0.2) is 0 Å². The van der Waals surface area contributed by atoms with Crippen molar-refractivity contribution in [2.24, 2.45) is 0 Å². The number of rotatable bonds is 4. The van der Waals surface area contributed by atoms with Crippen LogP contribution in [0.15, 0.2) is 12.4 Å². The fraction of sp³-hybridized carbons (Fsp3) is 0.375. The second-order valence-electron chi connectivity index (χ2n) is 5.00. The minimum atomic E-state index is -0.475. The predicted octanol–water partition coefficient (Wildman–Crippen LogP) is -0.417. The Labute approximate surface area is 165 Å². The van der Waals surface area contributed by atoms with Gasteiger partial charge in [-0.05, 0) is 25.0 Å². The maximum atomic E-state index is 10.5. The Morgan fingerprint density at radius 3 is 1.38 bits per heavy atom. The minimum absolute atomic E-state index is 0.0779. The van der Waals surface area contributed by atoms with Crippen LogP contribution in [-0.2, 0) is 43.7 Å². The van der Waals surface area contributed by atoms with E-state index in [0.29, 0.717) is 22.5 Å². The van der Waals surface area contributed by atoms with Crippen molar-refractivity contribution in [2.45, 2.75) is 40.3 Å². The average molecular weight is 473 g/mol. The van der Waals surface area contributed by atoms with Crippen LogP contribution >= 0.6 is 9.69 Å². The zero-order valence-electron chi connectivity index (χ0n) is 14.2. The molecular formula is C16H20ClN2O6Ru. The van der Waals surface area contributed by atoms with Crippen molar-refractivity contribution < 1.29 is 48.0 Å². The molecule has 8 nitrogen and oxygen atoms in total. The molecule has 0 radical (unpaired) electrons. The van der Waals surface area contributed by atoms with E-state index in [2.05, 4.69) is 19.7 Å². The molecular weight excluding hydrogens is 453 g/mol. The summed E-state index contributed by atoms with van der Waals surface area (Å²) in [7, 11) is 4.57. The molecule has 0 aliphatic heterocycles. The van der Waals surface area contributed by atoms with Crippen LogP contribution in [0.3, 0.4) is 0 Å². The first-order valence-corrected chi connectivity index (χ1v) is 9.48. The third kappa shape index (κ3) is 6.43. The van der Waals surface area contributed by atoms with Crippen molar-refractivity contribution >= 4 is 9.69 Å². The quantitative estimate of drug-likeness (QED) is 0.438. The van der Waals surface area contributed by atoms with Crippen LogP contribution in [0.25, 0.3) is 0 Å². The fourth-order valence-corrected chi connectivity index (χ4v) is 1.97. The van der Waals surface area contributed by atoms with E-state index in [4.69, 9.17) is 10.2 Å². The number of aryl methyl sites for hydroxylation is 2. The van der Waals surface area contributed by atoms with Crippen LogP contribution in [0.5, 0.6) is 11.5 Å². The maximum absolute atomic E-state index is 10.5. The molecule has 4 N–H and O–H groups in total. The first kappa shape index (κ1) is 24.7. The number of hydrogen-bond acceptors (Lipinski definition) is 8. The molecule has 2 rings (SSSR count). The molecule has 2 heterocycles. The van der Waals surface area contributed by atoms with E-state index >= 15 is 0 Å². The number of aromatic hydroxyl groups is 2. The predicted molar refractivity (Wildman–Crippen MR) is 86.4 cm³/mol. The summed E-state index contributed by atoms with van der Waals surface area (Å²) >= 11 is 1.82. The van der Waals surface area contributed by atoms with Crippen LogP contribution in [0.1, 0.15) is 33.6 Å². The number of hydrogen-bond donors (Lipinski definition) is 4. The summed E-state index contributed by atoms with van der Waals surface area (Å²) in [6, 6.07) is 0. The van der Waals surface area contributed by atoms with Crippen LogP contribution < -0.4 is 10.2 Å². The number of nitrogens with zero attached hydrogens (tertiary/aromatic N) is 2. The number of halogens is 1. The molecule has 10 heteroatoms. The Morgan fingerprint density at radius 2 is 1.15 bits per heavy atom. The molecule has 0 saturated carbocycles. The second-order valence-corrected chi connectivity index (χ2v) is 5.00. The standard InChI is InChI=1S/2C8H10NO3.ClH.Ru/c2*1-5-8(12)7(4-11)6(3-10)2-9-5;;/h2*2,11-12H,3-4H2,1H3;1H;/q2*-1;;+3/p-1. The van der Waals surface area contributed by atoms with Crippen molar-refractivity contribution in [3.8, 4) is 11.5 Å². The molecule has 0 aliphatic rings. The molecule has 0 amide bonds. The molecule has 2 aromatic heterocycles. The number of pyridine rings is 2. The molecule has 0 saturated heterocycles. The van der Waals surface area contributed by atoms with Gasteiger partial charge in [0.2, 0.25) is 0 Å². The molecule has 0 unspecified atom stereocenters. The van der Waals surface area contributed by atoms with Crippen molar-refractivity contribution in [2.75, 3.05) is 0 Å². The zero-order valence-corrected chi connectivity index (χ0v) is 16.7. The van der Waals surface area contributed by atoms with Gasteiger partial charge in [-0.2, -0.15) is 0 Å². The Balaban J connectivity index is 0.000000439. The van der Waals surface area contributed by atoms with Gasteiger partial charge in [-0.3, -0.25) is 9.97 Å². The third-order valence-corrected chi connectivity index (χ3v) is 3.49. The number of aliphatic hydroxyl groups excluding tert-OH is 2. The topological polar surface area (TPSA) is 153 Å². The van der Waals surface area contributed by atoms with Crippen molar-refractivity contribution in [3.63, 3.8) is 0 Å². The summed E-state index contributed by atoms with van der Waals surface area (Å²) in [5, 5.41) is 57.4. The normalized spacial score (nSPS) is 9.65. The summed E-state index contributed by atoms with van der Waals surface area (Å²) in [6.45, 7) is 1.62. The van der Waals surface area contributed by atoms with Gasteiger partial charge in [0, 0.05) is 23.5 Å². The SMILES string of the molecule is Cc1ncc(C[O-])c(CO)c1O.Cc1ncc(C[O-])c(CO)c1O.[Cl][Ru+2]. The van der Waals surface area contributed by atoms with E-state index in [1.165, 1.54) is 12.4 Å². The molecule has 0 aliphatic carbocycles. The molecule has 0 atom stereocenters. The monoisotopic (exact) mass is 473 g/mol. The molecule has 26 heavy (non-hydrogen) atoms. The van der Waals surface area contributed by atoms with Crippen LogP contribution in [0, 0.1) is 13.8 Å².